The van der Waals surface area contributed by atoms with Gasteiger partial charge in [-0.3, -0.25) is 4.79 Å². The van der Waals surface area contributed by atoms with Crippen molar-refractivity contribution in [1.82, 2.24) is 10.2 Å². The fourth-order valence-corrected chi connectivity index (χ4v) is 3.39. The minimum absolute atomic E-state index is 0.167. The molecular weight excluding hydrogens is 356 g/mol. The van der Waals surface area contributed by atoms with Gasteiger partial charge in [-0.15, -0.1) is 10.2 Å². The van der Waals surface area contributed by atoms with E-state index in [1.807, 2.05) is 30.3 Å². The van der Waals surface area contributed by atoms with Gasteiger partial charge in [0, 0.05) is 10.6 Å². The van der Waals surface area contributed by atoms with Gasteiger partial charge in [0.1, 0.15) is 17.3 Å². The monoisotopic (exact) mass is 368 g/mol. The van der Waals surface area contributed by atoms with E-state index in [1.54, 1.807) is 29.8 Å². The Bertz CT molecular complexity index is 890. The summed E-state index contributed by atoms with van der Waals surface area (Å²) in [5, 5.41) is 19.5. The average molecular weight is 368 g/mol. The number of ether oxygens (including phenoxy) is 1. The van der Waals surface area contributed by atoms with Crippen LogP contribution in [0, 0.1) is 11.3 Å². The molecule has 2 aromatic carbocycles. The number of amides is 1. The lowest BCUT2D eigenvalue weighted by Gasteiger charge is -2.09. The number of carbonyl (C=O) groups excluding carboxylic acids is 1. The molecule has 1 N–H and O–H groups in total. The lowest BCUT2D eigenvalue weighted by atomic mass is 10.2. The van der Waals surface area contributed by atoms with Crippen LogP contribution in [0.15, 0.2) is 63.3 Å². The standard InChI is InChI=1S/C17H12N4O2S2/c18-9-12-3-1-2-4-15(12)23-10-16(22)20-13-5-7-14(8-6-13)25-17-21-19-11-24-17/h1-8,11H,10H2,(H,20,22). The molecule has 0 saturated heterocycles. The summed E-state index contributed by atoms with van der Waals surface area (Å²) in [5.41, 5.74) is 2.75. The smallest absolute Gasteiger partial charge is 0.262 e. The molecule has 0 aliphatic rings. The molecular formula is C17H12N4O2S2. The van der Waals surface area contributed by atoms with E-state index in [4.69, 9.17) is 10.00 Å². The van der Waals surface area contributed by atoms with E-state index in [0.717, 1.165) is 9.24 Å². The van der Waals surface area contributed by atoms with Crippen molar-refractivity contribution >= 4 is 34.7 Å². The Morgan fingerprint density at radius 1 is 1.24 bits per heavy atom. The number of benzene rings is 2. The number of nitriles is 1. The second-order valence-electron chi connectivity index (χ2n) is 4.78. The lowest BCUT2D eigenvalue weighted by molar-refractivity contribution is -0.118. The zero-order valence-corrected chi connectivity index (χ0v) is 14.5. The molecule has 124 valence electrons. The van der Waals surface area contributed by atoms with Crippen molar-refractivity contribution in [3.63, 3.8) is 0 Å². The van der Waals surface area contributed by atoms with Gasteiger partial charge in [0.25, 0.3) is 5.91 Å². The maximum Gasteiger partial charge on any atom is 0.262 e. The zero-order chi connectivity index (χ0) is 17.5. The highest BCUT2D eigenvalue weighted by atomic mass is 32.2. The van der Waals surface area contributed by atoms with Crippen LogP contribution in [0.1, 0.15) is 5.56 Å². The molecule has 0 spiro atoms. The van der Waals surface area contributed by atoms with Crippen molar-refractivity contribution in [1.29, 1.82) is 5.26 Å². The molecule has 0 unspecified atom stereocenters. The summed E-state index contributed by atoms with van der Waals surface area (Å²) in [5.74, 6) is 0.0984. The highest BCUT2D eigenvalue weighted by Crippen LogP contribution is 2.29. The molecule has 8 heteroatoms. The molecule has 0 fully saturated rings. The first-order valence-electron chi connectivity index (χ1n) is 7.20. The summed E-state index contributed by atoms with van der Waals surface area (Å²) in [6.07, 6.45) is 0. The van der Waals surface area contributed by atoms with Crippen LogP contribution in [0.3, 0.4) is 0 Å². The molecule has 1 aromatic heterocycles. The summed E-state index contributed by atoms with van der Waals surface area (Å²) in [6.45, 7) is -0.167. The number of nitrogens with zero attached hydrogens (tertiary/aromatic N) is 3. The molecule has 6 nitrogen and oxygen atoms in total. The van der Waals surface area contributed by atoms with E-state index in [1.165, 1.54) is 23.1 Å². The van der Waals surface area contributed by atoms with Gasteiger partial charge >= 0.3 is 0 Å². The normalized spacial score (nSPS) is 10.0. The summed E-state index contributed by atoms with van der Waals surface area (Å²) in [7, 11) is 0. The van der Waals surface area contributed by atoms with Gasteiger partial charge in [0.2, 0.25) is 0 Å². The van der Waals surface area contributed by atoms with Crippen LogP contribution >= 0.6 is 23.1 Å². The van der Waals surface area contributed by atoms with Crippen LogP contribution < -0.4 is 10.1 Å². The molecule has 0 saturated carbocycles. The minimum atomic E-state index is -0.294. The number of hydrogen-bond acceptors (Lipinski definition) is 7. The van der Waals surface area contributed by atoms with Gasteiger partial charge in [0.05, 0.1) is 5.56 Å². The first-order valence-corrected chi connectivity index (χ1v) is 8.90. The fourth-order valence-electron chi connectivity index (χ4n) is 1.94. The van der Waals surface area contributed by atoms with Gasteiger partial charge < -0.3 is 10.1 Å². The van der Waals surface area contributed by atoms with Gasteiger partial charge in [-0.2, -0.15) is 5.26 Å². The molecule has 3 aromatic rings. The van der Waals surface area contributed by atoms with Crippen LogP contribution in [-0.4, -0.2) is 22.7 Å². The van der Waals surface area contributed by atoms with E-state index in [-0.39, 0.29) is 12.5 Å². The fraction of sp³-hybridized carbons (Fsp3) is 0.0588. The molecule has 3 rings (SSSR count). The first kappa shape index (κ1) is 17.0. The van der Waals surface area contributed by atoms with Gasteiger partial charge in [-0.25, -0.2) is 0 Å². The Hall–Kier alpha value is -2.89. The third-order valence-electron chi connectivity index (χ3n) is 3.05. The predicted octanol–water partition coefficient (Wildman–Crippen LogP) is 3.58. The summed E-state index contributed by atoms with van der Waals surface area (Å²) >= 11 is 2.98. The highest BCUT2D eigenvalue weighted by Gasteiger charge is 2.07. The molecule has 0 aliphatic heterocycles. The molecule has 0 aliphatic carbocycles. The Balaban J connectivity index is 1.53. The summed E-state index contributed by atoms with van der Waals surface area (Å²) < 4.78 is 6.27. The Morgan fingerprint density at radius 2 is 2.04 bits per heavy atom. The summed E-state index contributed by atoms with van der Waals surface area (Å²) in [4.78, 5) is 13.0. The molecule has 1 heterocycles. The number of anilines is 1. The Morgan fingerprint density at radius 3 is 2.76 bits per heavy atom. The van der Waals surface area contributed by atoms with E-state index in [2.05, 4.69) is 15.5 Å². The van der Waals surface area contributed by atoms with Crippen molar-refractivity contribution in [2.45, 2.75) is 9.24 Å². The number of carbonyl (C=O) groups is 1. The van der Waals surface area contributed by atoms with Gasteiger partial charge in [-0.1, -0.05) is 35.2 Å². The van der Waals surface area contributed by atoms with Crippen molar-refractivity contribution in [2.24, 2.45) is 0 Å². The van der Waals surface area contributed by atoms with Gasteiger partial charge in [-0.05, 0) is 36.4 Å². The third kappa shape index (κ3) is 4.79. The first-order chi connectivity index (χ1) is 12.2. The second-order valence-corrected chi connectivity index (χ2v) is 6.93. The van der Waals surface area contributed by atoms with E-state index < -0.39 is 0 Å². The number of para-hydroxylation sites is 1. The van der Waals surface area contributed by atoms with Crippen LogP contribution in [-0.2, 0) is 4.79 Å². The minimum Gasteiger partial charge on any atom is -0.482 e. The predicted molar refractivity (Wildman–Crippen MR) is 95.8 cm³/mol. The van der Waals surface area contributed by atoms with Crippen LogP contribution in [0.4, 0.5) is 5.69 Å². The average Bonchev–Trinajstić information content (AvgIpc) is 3.15. The van der Waals surface area contributed by atoms with E-state index in [0.29, 0.717) is 17.0 Å². The molecule has 25 heavy (non-hydrogen) atoms. The van der Waals surface area contributed by atoms with Crippen LogP contribution in [0.25, 0.3) is 0 Å². The Kier molecular flexibility index (Phi) is 5.61. The number of aromatic nitrogens is 2. The number of nitrogens with one attached hydrogen (secondary N) is 1. The molecule has 0 atom stereocenters. The topological polar surface area (TPSA) is 87.9 Å². The third-order valence-corrected chi connectivity index (χ3v) is 4.84. The largest absolute Gasteiger partial charge is 0.482 e. The second kappa shape index (κ2) is 8.28. The number of rotatable bonds is 6. The number of hydrogen-bond donors (Lipinski definition) is 1. The van der Waals surface area contributed by atoms with Crippen LogP contribution in [0.5, 0.6) is 5.75 Å². The maximum absolute atomic E-state index is 12.0. The van der Waals surface area contributed by atoms with Crippen molar-refractivity contribution in [3.8, 4) is 11.8 Å². The lowest BCUT2D eigenvalue weighted by Crippen LogP contribution is -2.20. The van der Waals surface area contributed by atoms with Crippen molar-refractivity contribution in [2.75, 3.05) is 11.9 Å². The van der Waals surface area contributed by atoms with Gasteiger partial charge in [0.15, 0.2) is 10.9 Å². The Labute approximate surface area is 152 Å². The van der Waals surface area contributed by atoms with Crippen molar-refractivity contribution in [3.05, 3.63) is 59.6 Å². The quantitative estimate of drug-likeness (QED) is 0.715. The van der Waals surface area contributed by atoms with E-state index in [9.17, 15) is 4.79 Å². The van der Waals surface area contributed by atoms with Crippen molar-refractivity contribution < 1.29 is 9.53 Å². The van der Waals surface area contributed by atoms with Crippen LogP contribution in [0.2, 0.25) is 0 Å². The highest BCUT2D eigenvalue weighted by molar-refractivity contribution is 8.01. The summed E-state index contributed by atoms with van der Waals surface area (Å²) in [6, 6.07) is 16.2. The molecule has 1 amide bonds. The zero-order valence-electron chi connectivity index (χ0n) is 12.9. The SMILES string of the molecule is N#Cc1ccccc1OCC(=O)Nc1ccc(Sc2nncs2)cc1. The van der Waals surface area contributed by atoms with E-state index >= 15 is 0 Å². The maximum atomic E-state index is 12.0. The molecule has 0 bridgehead atoms. The molecule has 0 radical (unpaired) electrons.